The van der Waals surface area contributed by atoms with Crippen LogP contribution in [0.3, 0.4) is 0 Å². The maximum atomic E-state index is 12.7. The molecule has 2 aromatic heterocycles. The molecule has 0 bridgehead atoms. The number of fused-ring (bicyclic) bond motifs is 1. The summed E-state index contributed by atoms with van der Waals surface area (Å²) in [5, 5.41) is 3.74. The fourth-order valence-electron chi connectivity index (χ4n) is 1.83. The molecule has 0 fully saturated rings. The monoisotopic (exact) mass is 329 g/mol. The van der Waals surface area contributed by atoms with Crippen molar-refractivity contribution in [3.8, 4) is 0 Å². The van der Waals surface area contributed by atoms with E-state index in [0.717, 1.165) is 27.4 Å². The van der Waals surface area contributed by atoms with Gasteiger partial charge < -0.3 is 5.32 Å². The van der Waals surface area contributed by atoms with Crippen LogP contribution in [0, 0.1) is 6.92 Å². The van der Waals surface area contributed by atoms with Gasteiger partial charge in [0.25, 0.3) is 0 Å². The molecule has 0 spiro atoms. The summed E-state index contributed by atoms with van der Waals surface area (Å²) in [6.45, 7) is 2.49. The van der Waals surface area contributed by atoms with Crippen LogP contribution in [0.4, 0.5) is 18.3 Å². The molecule has 8 heteroatoms. The molecule has 2 heterocycles. The van der Waals surface area contributed by atoms with Gasteiger partial charge in [-0.1, -0.05) is 11.3 Å². The summed E-state index contributed by atoms with van der Waals surface area (Å²) >= 11 is 2.87. The zero-order valence-electron chi connectivity index (χ0n) is 10.9. The Morgan fingerprint density at radius 3 is 2.76 bits per heavy atom. The molecule has 21 heavy (non-hydrogen) atoms. The Kier molecular flexibility index (Phi) is 3.58. The van der Waals surface area contributed by atoms with Gasteiger partial charge in [0.15, 0.2) is 5.13 Å². The second kappa shape index (κ2) is 5.27. The van der Waals surface area contributed by atoms with Gasteiger partial charge in [-0.2, -0.15) is 13.2 Å². The van der Waals surface area contributed by atoms with Crippen molar-refractivity contribution in [1.82, 2.24) is 9.97 Å². The van der Waals surface area contributed by atoms with Gasteiger partial charge in [0.2, 0.25) is 0 Å². The molecule has 3 nitrogen and oxygen atoms in total. The second-order valence-electron chi connectivity index (χ2n) is 4.41. The third-order valence-electron chi connectivity index (χ3n) is 2.96. The number of aryl methyl sites for hydroxylation is 1. The van der Waals surface area contributed by atoms with Gasteiger partial charge >= 0.3 is 6.18 Å². The summed E-state index contributed by atoms with van der Waals surface area (Å²) in [4.78, 5) is 9.44. The maximum absolute atomic E-state index is 12.7. The number of thiazole rings is 2. The van der Waals surface area contributed by atoms with Crippen LogP contribution in [0.2, 0.25) is 0 Å². The maximum Gasteiger partial charge on any atom is 0.416 e. The quantitative estimate of drug-likeness (QED) is 0.757. The van der Waals surface area contributed by atoms with Crippen LogP contribution in [-0.4, -0.2) is 9.97 Å². The van der Waals surface area contributed by atoms with Crippen molar-refractivity contribution in [2.75, 3.05) is 5.32 Å². The van der Waals surface area contributed by atoms with E-state index >= 15 is 0 Å². The molecule has 0 unspecified atom stereocenters. The van der Waals surface area contributed by atoms with Crippen LogP contribution in [0.1, 0.15) is 16.1 Å². The molecule has 3 rings (SSSR count). The van der Waals surface area contributed by atoms with Gasteiger partial charge in [-0.15, -0.1) is 11.3 Å². The summed E-state index contributed by atoms with van der Waals surface area (Å²) in [7, 11) is 0. The molecule has 0 amide bonds. The Balaban J connectivity index is 1.82. The Bertz CT molecular complexity index is 776. The van der Waals surface area contributed by atoms with Crippen molar-refractivity contribution in [3.05, 3.63) is 39.8 Å². The SMILES string of the molecule is Cc1ncsc1CNc1nc2cc(C(F)(F)F)ccc2s1. The lowest BCUT2D eigenvalue weighted by atomic mass is 10.2. The lowest BCUT2D eigenvalue weighted by Gasteiger charge is -2.04. The minimum atomic E-state index is -4.34. The molecule has 0 saturated carbocycles. The van der Waals surface area contributed by atoms with E-state index in [4.69, 9.17) is 0 Å². The normalized spacial score (nSPS) is 12.0. The van der Waals surface area contributed by atoms with Crippen molar-refractivity contribution < 1.29 is 13.2 Å². The van der Waals surface area contributed by atoms with Crippen LogP contribution in [0.5, 0.6) is 0 Å². The van der Waals surface area contributed by atoms with Gasteiger partial charge in [0.05, 0.1) is 33.5 Å². The molecule has 0 atom stereocenters. The molecule has 0 aliphatic rings. The first-order chi connectivity index (χ1) is 9.93. The zero-order chi connectivity index (χ0) is 15.0. The average molecular weight is 329 g/mol. The highest BCUT2D eigenvalue weighted by Gasteiger charge is 2.30. The van der Waals surface area contributed by atoms with Crippen LogP contribution >= 0.6 is 22.7 Å². The van der Waals surface area contributed by atoms with Crippen LogP contribution in [-0.2, 0) is 12.7 Å². The average Bonchev–Trinajstić information content (AvgIpc) is 2.99. The van der Waals surface area contributed by atoms with Gasteiger partial charge in [-0.25, -0.2) is 9.97 Å². The Morgan fingerprint density at radius 2 is 2.10 bits per heavy atom. The van der Waals surface area contributed by atoms with Crippen molar-refractivity contribution in [2.24, 2.45) is 0 Å². The highest BCUT2D eigenvalue weighted by molar-refractivity contribution is 7.22. The van der Waals surface area contributed by atoms with E-state index in [9.17, 15) is 13.2 Å². The third kappa shape index (κ3) is 3.01. The minimum Gasteiger partial charge on any atom is -0.357 e. The third-order valence-corrected chi connectivity index (χ3v) is 4.89. The number of hydrogen-bond donors (Lipinski definition) is 1. The largest absolute Gasteiger partial charge is 0.416 e. The van der Waals surface area contributed by atoms with Gasteiger partial charge in [0, 0.05) is 4.88 Å². The molecule has 0 saturated heterocycles. The number of alkyl halides is 3. The van der Waals surface area contributed by atoms with Crippen LogP contribution < -0.4 is 5.32 Å². The predicted molar refractivity (Wildman–Crippen MR) is 78.8 cm³/mol. The van der Waals surface area contributed by atoms with Crippen molar-refractivity contribution in [2.45, 2.75) is 19.6 Å². The summed E-state index contributed by atoms with van der Waals surface area (Å²) < 4.78 is 38.7. The van der Waals surface area contributed by atoms with E-state index in [1.165, 1.54) is 28.7 Å². The van der Waals surface area contributed by atoms with E-state index in [1.54, 1.807) is 5.51 Å². The Labute approximate surface area is 126 Å². The molecule has 0 radical (unpaired) electrons. The number of benzene rings is 1. The first-order valence-electron chi connectivity index (χ1n) is 6.04. The number of halogens is 3. The van der Waals surface area contributed by atoms with E-state index < -0.39 is 11.7 Å². The summed E-state index contributed by atoms with van der Waals surface area (Å²) in [6, 6.07) is 3.62. The molecular formula is C13H10F3N3S2. The molecule has 1 aromatic carbocycles. The topological polar surface area (TPSA) is 37.8 Å². The Hall–Kier alpha value is -1.67. The molecule has 1 N–H and O–H groups in total. The van der Waals surface area contributed by atoms with Crippen LogP contribution in [0.15, 0.2) is 23.7 Å². The molecule has 3 aromatic rings. The minimum absolute atomic E-state index is 0.360. The first kappa shape index (κ1) is 14.3. The van der Waals surface area contributed by atoms with E-state index in [1.807, 2.05) is 6.92 Å². The van der Waals surface area contributed by atoms with Crippen molar-refractivity contribution >= 4 is 38.0 Å². The Morgan fingerprint density at radius 1 is 1.29 bits per heavy atom. The molecule has 0 aliphatic heterocycles. The number of hydrogen-bond acceptors (Lipinski definition) is 5. The fraction of sp³-hybridized carbons (Fsp3) is 0.231. The highest BCUT2D eigenvalue weighted by Crippen LogP contribution is 2.34. The van der Waals surface area contributed by atoms with Crippen molar-refractivity contribution in [1.29, 1.82) is 0 Å². The van der Waals surface area contributed by atoms with Gasteiger partial charge in [-0.3, -0.25) is 0 Å². The van der Waals surface area contributed by atoms with Crippen molar-refractivity contribution in [3.63, 3.8) is 0 Å². The fourth-order valence-corrected chi connectivity index (χ4v) is 3.39. The smallest absolute Gasteiger partial charge is 0.357 e. The summed E-state index contributed by atoms with van der Waals surface area (Å²) in [6.07, 6.45) is -4.34. The predicted octanol–water partition coefficient (Wildman–Crippen LogP) is 4.69. The number of rotatable bonds is 3. The summed E-state index contributed by atoms with van der Waals surface area (Å²) in [5.74, 6) is 0. The van der Waals surface area contributed by atoms with Gasteiger partial charge in [0.1, 0.15) is 0 Å². The van der Waals surface area contributed by atoms with E-state index in [-0.39, 0.29) is 0 Å². The number of nitrogens with one attached hydrogen (secondary N) is 1. The number of aromatic nitrogens is 2. The zero-order valence-corrected chi connectivity index (χ0v) is 12.5. The van der Waals surface area contributed by atoms with Gasteiger partial charge in [-0.05, 0) is 25.1 Å². The molecule has 110 valence electrons. The first-order valence-corrected chi connectivity index (χ1v) is 7.74. The number of nitrogens with zero attached hydrogens (tertiary/aromatic N) is 2. The van der Waals surface area contributed by atoms with Crippen LogP contribution in [0.25, 0.3) is 10.2 Å². The molecular weight excluding hydrogens is 319 g/mol. The van der Waals surface area contributed by atoms with E-state index in [2.05, 4.69) is 15.3 Å². The number of anilines is 1. The standard InChI is InChI=1S/C13H10F3N3S2/c1-7-11(20-6-18-7)5-17-12-19-9-4-8(13(14,15)16)2-3-10(9)21-12/h2-4,6H,5H2,1H3,(H,17,19). The van der Waals surface area contributed by atoms with E-state index in [0.29, 0.717) is 17.2 Å². The lowest BCUT2D eigenvalue weighted by molar-refractivity contribution is -0.137. The second-order valence-corrected chi connectivity index (χ2v) is 6.38. The molecule has 0 aliphatic carbocycles. The highest BCUT2D eigenvalue weighted by atomic mass is 32.1. The summed E-state index contributed by atoms with van der Waals surface area (Å²) in [5.41, 5.74) is 2.40. The lowest BCUT2D eigenvalue weighted by Crippen LogP contribution is -2.04.